The molecule has 1 atom stereocenters. The first-order chi connectivity index (χ1) is 14.5. The second-order valence-corrected chi connectivity index (χ2v) is 6.80. The van der Waals surface area contributed by atoms with Crippen LogP contribution >= 0.6 is 0 Å². The van der Waals surface area contributed by atoms with Gasteiger partial charge in [0.05, 0.1) is 17.0 Å². The van der Waals surface area contributed by atoms with Crippen molar-refractivity contribution in [1.82, 2.24) is 4.98 Å². The molecule has 1 aromatic heterocycles. The van der Waals surface area contributed by atoms with Crippen molar-refractivity contribution >= 4 is 22.5 Å². The lowest BCUT2D eigenvalue weighted by Crippen LogP contribution is -2.17. The van der Waals surface area contributed by atoms with E-state index < -0.39 is 12.3 Å². The molecule has 3 aromatic rings. The van der Waals surface area contributed by atoms with Crippen LogP contribution in [0.2, 0.25) is 0 Å². The van der Waals surface area contributed by atoms with Crippen LogP contribution in [0.5, 0.6) is 5.75 Å². The van der Waals surface area contributed by atoms with Crippen molar-refractivity contribution in [2.45, 2.75) is 25.6 Å². The number of aromatic nitrogens is 1. The first-order valence-electron chi connectivity index (χ1n) is 9.72. The molecule has 0 spiro atoms. The number of carboxylic acids is 1. The third-order valence-electron chi connectivity index (χ3n) is 4.59. The number of benzene rings is 2. The topological polar surface area (TPSA) is 113 Å². The van der Waals surface area contributed by atoms with Gasteiger partial charge in [0, 0.05) is 18.2 Å². The van der Waals surface area contributed by atoms with Crippen molar-refractivity contribution < 1.29 is 24.5 Å². The first-order valence-corrected chi connectivity index (χ1v) is 9.72. The number of hydrogen-bond donors (Lipinski definition) is 3. The number of carboxylic acid groups (broad SMARTS) is 1. The Kier molecular flexibility index (Phi) is 7.48. The minimum Gasteiger partial charge on any atom is -0.487 e. The van der Waals surface area contributed by atoms with Gasteiger partial charge >= 0.3 is 5.97 Å². The first kappa shape index (κ1) is 21.4. The fourth-order valence-electron chi connectivity index (χ4n) is 3.00. The third-order valence-corrected chi connectivity index (χ3v) is 4.59. The molecule has 1 saturated heterocycles. The summed E-state index contributed by atoms with van der Waals surface area (Å²) in [6.45, 7) is 0.755. The van der Waals surface area contributed by atoms with E-state index in [2.05, 4.69) is 4.98 Å². The lowest BCUT2D eigenvalue weighted by molar-refractivity contribution is -0.123. The minimum atomic E-state index is -1.04. The Balaban J connectivity index is 0.000000310. The molecule has 0 bridgehead atoms. The molecule has 0 aliphatic carbocycles. The number of ether oxygens (including phenoxy) is 2. The van der Waals surface area contributed by atoms with Gasteiger partial charge in [0.1, 0.15) is 12.4 Å². The maximum atomic E-state index is 11.0. The summed E-state index contributed by atoms with van der Waals surface area (Å²) in [4.78, 5) is 15.0. The molecule has 1 aliphatic rings. The number of fused-ring (bicyclic) bond motifs is 1. The number of nitrogens with zero attached hydrogens (tertiary/aromatic N) is 1. The van der Waals surface area contributed by atoms with E-state index in [4.69, 9.17) is 25.1 Å². The maximum Gasteiger partial charge on any atom is 0.335 e. The van der Waals surface area contributed by atoms with Crippen LogP contribution in [0.15, 0.2) is 60.8 Å². The predicted molar refractivity (Wildman–Crippen MR) is 113 cm³/mol. The Morgan fingerprint density at radius 3 is 2.67 bits per heavy atom. The maximum absolute atomic E-state index is 11.0. The summed E-state index contributed by atoms with van der Waals surface area (Å²) in [6, 6.07) is 16.3. The molecule has 1 aliphatic heterocycles. The second-order valence-electron chi connectivity index (χ2n) is 6.80. The number of aliphatic hydroxyl groups excluding tert-OH is 1. The van der Waals surface area contributed by atoms with E-state index in [-0.39, 0.29) is 17.9 Å². The lowest BCUT2D eigenvalue weighted by Gasteiger charge is -2.16. The lowest BCUT2D eigenvalue weighted by atomic mass is 10.1. The molecule has 3 N–H and O–H groups in total. The number of hydrogen-bond acceptors (Lipinski definition) is 6. The molecule has 0 amide bonds. The van der Waals surface area contributed by atoms with E-state index in [1.807, 2.05) is 42.5 Å². The Hall–Kier alpha value is -3.29. The Labute approximate surface area is 174 Å². The van der Waals surface area contributed by atoms with Crippen LogP contribution in [0.25, 0.3) is 10.8 Å². The van der Waals surface area contributed by atoms with E-state index >= 15 is 0 Å². The van der Waals surface area contributed by atoms with Gasteiger partial charge in [-0.2, -0.15) is 0 Å². The summed E-state index contributed by atoms with van der Waals surface area (Å²) in [7, 11) is 0. The molecule has 0 radical (unpaired) electrons. The molecule has 1 unspecified atom stereocenters. The predicted octanol–water partition coefficient (Wildman–Crippen LogP) is 3.89. The van der Waals surface area contributed by atoms with Crippen molar-refractivity contribution in [1.29, 1.82) is 5.41 Å². The Morgan fingerprint density at radius 2 is 1.97 bits per heavy atom. The van der Waals surface area contributed by atoms with Crippen molar-refractivity contribution in [2.75, 3.05) is 13.2 Å². The Bertz CT molecular complexity index is 1010. The summed E-state index contributed by atoms with van der Waals surface area (Å²) < 4.78 is 10.6. The summed E-state index contributed by atoms with van der Waals surface area (Å²) in [6.07, 6.45) is 3.96. The van der Waals surface area contributed by atoms with Gasteiger partial charge < -0.3 is 19.7 Å². The van der Waals surface area contributed by atoms with E-state index in [0.29, 0.717) is 11.4 Å². The Morgan fingerprint density at radius 1 is 1.17 bits per heavy atom. The van der Waals surface area contributed by atoms with Crippen LogP contribution in [-0.4, -0.2) is 46.4 Å². The average molecular weight is 408 g/mol. The van der Waals surface area contributed by atoms with Gasteiger partial charge in [-0.05, 0) is 42.8 Å². The van der Waals surface area contributed by atoms with Crippen LogP contribution < -0.4 is 4.74 Å². The van der Waals surface area contributed by atoms with Gasteiger partial charge in [-0.25, -0.2) is 4.79 Å². The standard InChI is InChI=1S/C18H14N2O3.C5H10O2/c19-15(16-10-13(18(21)22)8-9-20-16)11-23-17-7-3-5-12-4-1-2-6-14(12)17;6-5-3-1-2-4-7-5/h1-10,19H,11H2,(H,21,22);5-6H,1-4H2. The number of nitrogens with one attached hydrogen (secondary N) is 1. The highest BCUT2D eigenvalue weighted by Crippen LogP contribution is 2.25. The van der Waals surface area contributed by atoms with Crippen LogP contribution in [0.3, 0.4) is 0 Å². The highest BCUT2D eigenvalue weighted by atomic mass is 16.6. The monoisotopic (exact) mass is 408 g/mol. The summed E-state index contributed by atoms with van der Waals surface area (Å²) >= 11 is 0. The van der Waals surface area contributed by atoms with Gasteiger partial charge in [-0.1, -0.05) is 36.4 Å². The van der Waals surface area contributed by atoms with Gasteiger partial charge in [-0.15, -0.1) is 0 Å². The van der Waals surface area contributed by atoms with E-state index in [1.54, 1.807) is 0 Å². The number of rotatable bonds is 5. The van der Waals surface area contributed by atoms with Gasteiger partial charge in [0.25, 0.3) is 0 Å². The number of carbonyl (C=O) groups is 1. The highest BCUT2D eigenvalue weighted by molar-refractivity contribution is 6.00. The third kappa shape index (κ3) is 5.85. The van der Waals surface area contributed by atoms with E-state index in [1.165, 1.54) is 18.3 Å². The zero-order valence-corrected chi connectivity index (χ0v) is 16.5. The van der Waals surface area contributed by atoms with Gasteiger partial charge in [0.2, 0.25) is 0 Å². The molecule has 2 aromatic carbocycles. The van der Waals surface area contributed by atoms with Gasteiger partial charge in [-0.3, -0.25) is 10.4 Å². The molecule has 2 heterocycles. The van der Waals surface area contributed by atoms with Crippen molar-refractivity contribution in [3.63, 3.8) is 0 Å². The average Bonchev–Trinajstić information content (AvgIpc) is 2.78. The molecule has 0 saturated carbocycles. The molecule has 7 nitrogen and oxygen atoms in total. The summed E-state index contributed by atoms with van der Waals surface area (Å²) in [5, 5.41) is 27.7. The largest absolute Gasteiger partial charge is 0.487 e. The molecule has 30 heavy (non-hydrogen) atoms. The van der Waals surface area contributed by atoms with Crippen LogP contribution in [0, 0.1) is 5.41 Å². The zero-order chi connectivity index (χ0) is 21.3. The zero-order valence-electron chi connectivity index (χ0n) is 16.5. The minimum absolute atomic E-state index is 0.0179. The number of aromatic carboxylic acids is 1. The van der Waals surface area contributed by atoms with E-state index in [9.17, 15) is 4.79 Å². The quantitative estimate of drug-likeness (QED) is 0.552. The van der Waals surface area contributed by atoms with E-state index in [0.717, 1.165) is 36.6 Å². The van der Waals surface area contributed by atoms with Crippen LogP contribution in [0.1, 0.15) is 35.3 Å². The van der Waals surface area contributed by atoms with Crippen LogP contribution in [0.4, 0.5) is 0 Å². The molecular formula is C23H24N2O5. The van der Waals surface area contributed by atoms with Crippen molar-refractivity contribution in [3.05, 3.63) is 72.1 Å². The van der Waals surface area contributed by atoms with Crippen molar-refractivity contribution in [2.24, 2.45) is 0 Å². The van der Waals surface area contributed by atoms with Crippen LogP contribution in [-0.2, 0) is 4.74 Å². The van der Waals surface area contributed by atoms with Gasteiger partial charge in [0.15, 0.2) is 6.29 Å². The fourth-order valence-corrected chi connectivity index (χ4v) is 3.00. The number of aliphatic hydroxyl groups is 1. The molecule has 7 heteroatoms. The highest BCUT2D eigenvalue weighted by Gasteiger charge is 2.10. The molecule has 4 rings (SSSR count). The molecule has 1 fully saturated rings. The summed E-state index contributed by atoms with van der Waals surface area (Å²) in [5.41, 5.74) is 0.524. The molecular weight excluding hydrogens is 384 g/mol. The fraction of sp³-hybridized carbons (Fsp3) is 0.261. The number of pyridine rings is 1. The SMILES string of the molecule is N=C(COc1cccc2ccccc12)c1cc(C(=O)O)ccn1.OC1CCCCO1. The molecule has 156 valence electrons. The van der Waals surface area contributed by atoms with Crippen molar-refractivity contribution in [3.8, 4) is 5.75 Å². The smallest absolute Gasteiger partial charge is 0.335 e. The summed E-state index contributed by atoms with van der Waals surface area (Å²) in [5.74, 6) is -0.362. The second kappa shape index (κ2) is 10.5. The normalized spacial score (nSPS) is 15.7.